The molecule has 3 rings (SSSR count). The molecular formula is C16H26N4O. The molecule has 0 saturated heterocycles. The second-order valence-electron chi connectivity index (χ2n) is 6.77. The van der Waals surface area contributed by atoms with Crippen LogP contribution in [-0.4, -0.2) is 28.0 Å². The first-order valence-electron chi connectivity index (χ1n) is 8.21. The number of hydrogen-bond donors (Lipinski definition) is 3. The zero-order valence-electron chi connectivity index (χ0n) is 12.7. The van der Waals surface area contributed by atoms with Crippen LogP contribution >= 0.6 is 0 Å². The summed E-state index contributed by atoms with van der Waals surface area (Å²) >= 11 is 0. The third-order valence-corrected chi connectivity index (χ3v) is 5.22. The zero-order chi connectivity index (χ0) is 14.8. The monoisotopic (exact) mass is 290 g/mol. The Bertz CT molecular complexity index is 467. The Morgan fingerprint density at radius 3 is 2.90 bits per heavy atom. The van der Waals surface area contributed by atoms with E-state index in [1.54, 1.807) is 6.33 Å². The van der Waals surface area contributed by atoms with Gasteiger partial charge in [-0.2, -0.15) is 0 Å². The number of nitrogens with two attached hydrogens (primary N) is 1. The largest absolute Gasteiger partial charge is 0.351 e. The first kappa shape index (κ1) is 14.6. The van der Waals surface area contributed by atoms with E-state index in [0.29, 0.717) is 17.8 Å². The van der Waals surface area contributed by atoms with Gasteiger partial charge in [-0.05, 0) is 18.3 Å². The van der Waals surface area contributed by atoms with Gasteiger partial charge in [-0.3, -0.25) is 4.79 Å². The van der Waals surface area contributed by atoms with Gasteiger partial charge in [-0.15, -0.1) is 0 Å². The first-order valence-corrected chi connectivity index (χ1v) is 8.21. The number of nitrogens with zero attached hydrogens (tertiary/aromatic N) is 1. The molecule has 0 bridgehead atoms. The summed E-state index contributed by atoms with van der Waals surface area (Å²) in [6.45, 7) is 2.16. The van der Waals surface area contributed by atoms with Crippen LogP contribution in [0.3, 0.4) is 0 Å². The van der Waals surface area contributed by atoms with Crippen LogP contribution < -0.4 is 11.1 Å². The zero-order valence-corrected chi connectivity index (χ0v) is 12.7. The highest BCUT2D eigenvalue weighted by atomic mass is 16.2. The molecule has 1 amide bonds. The minimum atomic E-state index is -0.358. The molecule has 0 aromatic carbocycles. The lowest BCUT2D eigenvalue weighted by Crippen LogP contribution is -2.43. The molecule has 2 aliphatic carbocycles. The minimum Gasteiger partial charge on any atom is -0.351 e. The molecule has 2 fully saturated rings. The average molecular weight is 290 g/mol. The van der Waals surface area contributed by atoms with E-state index in [-0.39, 0.29) is 18.0 Å². The number of imidazole rings is 1. The van der Waals surface area contributed by atoms with Gasteiger partial charge in [-0.25, -0.2) is 4.98 Å². The molecule has 1 aromatic rings. The van der Waals surface area contributed by atoms with E-state index in [1.807, 2.05) is 6.20 Å². The second kappa shape index (κ2) is 6.18. The highest BCUT2D eigenvalue weighted by Gasteiger charge is 2.49. The van der Waals surface area contributed by atoms with Gasteiger partial charge in [0, 0.05) is 23.9 Å². The molecule has 1 aromatic heterocycles. The number of H-pyrrole nitrogens is 1. The van der Waals surface area contributed by atoms with E-state index < -0.39 is 0 Å². The lowest BCUT2D eigenvalue weighted by Gasteiger charge is -2.24. The molecule has 21 heavy (non-hydrogen) atoms. The maximum atomic E-state index is 12.3. The standard InChI is InChI=1S/C16H26N4O/c1-10-14(13-8-18-9-19-13)15(10)20-16(21)12(17)7-11-5-3-2-4-6-11/h8-12,14-15H,2-7,17H2,1H3,(H,18,19)(H,20,21)/t10-,12+,14-,15+/m1/s1. The van der Waals surface area contributed by atoms with Crippen molar-refractivity contribution in [3.8, 4) is 0 Å². The van der Waals surface area contributed by atoms with Crippen molar-refractivity contribution in [3.63, 3.8) is 0 Å². The molecule has 1 heterocycles. The summed E-state index contributed by atoms with van der Waals surface area (Å²) in [7, 11) is 0. The number of amides is 1. The number of nitrogens with one attached hydrogen (secondary N) is 2. The summed E-state index contributed by atoms with van der Waals surface area (Å²) in [5.41, 5.74) is 7.21. The number of carbonyl (C=O) groups is 1. The molecular weight excluding hydrogens is 264 g/mol. The van der Waals surface area contributed by atoms with Crippen molar-refractivity contribution in [3.05, 3.63) is 18.2 Å². The Morgan fingerprint density at radius 2 is 2.24 bits per heavy atom. The molecule has 116 valence electrons. The second-order valence-corrected chi connectivity index (χ2v) is 6.77. The molecule has 5 heteroatoms. The summed E-state index contributed by atoms with van der Waals surface area (Å²) in [5, 5.41) is 3.12. The van der Waals surface area contributed by atoms with Crippen LogP contribution in [-0.2, 0) is 4.79 Å². The van der Waals surface area contributed by atoms with Crippen molar-refractivity contribution in [2.45, 2.75) is 63.5 Å². The van der Waals surface area contributed by atoms with Gasteiger partial charge in [0.1, 0.15) is 0 Å². The highest BCUT2D eigenvalue weighted by Crippen LogP contribution is 2.46. The lowest BCUT2D eigenvalue weighted by molar-refractivity contribution is -0.123. The predicted octanol–water partition coefficient (Wildman–Crippen LogP) is 1.93. The Kier molecular flexibility index (Phi) is 4.29. The fourth-order valence-corrected chi connectivity index (χ4v) is 3.77. The molecule has 5 nitrogen and oxygen atoms in total. The predicted molar refractivity (Wildman–Crippen MR) is 81.6 cm³/mol. The van der Waals surface area contributed by atoms with Crippen LogP contribution in [0.4, 0.5) is 0 Å². The molecule has 4 N–H and O–H groups in total. The highest BCUT2D eigenvalue weighted by molar-refractivity contribution is 5.82. The quantitative estimate of drug-likeness (QED) is 0.774. The van der Waals surface area contributed by atoms with E-state index in [9.17, 15) is 4.79 Å². The maximum absolute atomic E-state index is 12.3. The number of rotatable bonds is 5. The van der Waals surface area contributed by atoms with Crippen molar-refractivity contribution < 1.29 is 4.79 Å². The van der Waals surface area contributed by atoms with E-state index in [4.69, 9.17) is 5.73 Å². The summed E-state index contributed by atoms with van der Waals surface area (Å²) in [6.07, 6.45) is 10.8. The number of aromatic nitrogens is 2. The van der Waals surface area contributed by atoms with Gasteiger partial charge in [-0.1, -0.05) is 39.0 Å². The topological polar surface area (TPSA) is 83.8 Å². The summed E-state index contributed by atoms with van der Waals surface area (Å²) < 4.78 is 0. The van der Waals surface area contributed by atoms with Crippen molar-refractivity contribution in [1.29, 1.82) is 0 Å². The van der Waals surface area contributed by atoms with Crippen molar-refractivity contribution in [2.24, 2.45) is 17.6 Å². The van der Waals surface area contributed by atoms with Crippen LogP contribution in [0.5, 0.6) is 0 Å². The van der Waals surface area contributed by atoms with E-state index in [1.165, 1.54) is 32.1 Å². The first-order chi connectivity index (χ1) is 10.2. The van der Waals surface area contributed by atoms with Crippen molar-refractivity contribution >= 4 is 5.91 Å². The van der Waals surface area contributed by atoms with E-state index >= 15 is 0 Å². The Hall–Kier alpha value is -1.36. The summed E-state index contributed by atoms with van der Waals surface area (Å²) in [6, 6.07) is -0.154. The van der Waals surface area contributed by atoms with Gasteiger partial charge in [0.25, 0.3) is 0 Å². The molecule has 0 spiro atoms. The fraction of sp³-hybridized carbons (Fsp3) is 0.750. The van der Waals surface area contributed by atoms with Crippen molar-refractivity contribution in [1.82, 2.24) is 15.3 Å². The van der Waals surface area contributed by atoms with E-state index in [0.717, 1.165) is 12.1 Å². The third-order valence-electron chi connectivity index (χ3n) is 5.22. The number of carbonyl (C=O) groups excluding carboxylic acids is 1. The van der Waals surface area contributed by atoms with Gasteiger partial charge < -0.3 is 16.0 Å². The van der Waals surface area contributed by atoms with Crippen LogP contribution in [0.15, 0.2) is 12.5 Å². The minimum absolute atomic E-state index is 0.0134. The van der Waals surface area contributed by atoms with E-state index in [2.05, 4.69) is 22.2 Å². The van der Waals surface area contributed by atoms with Crippen LogP contribution in [0, 0.1) is 11.8 Å². The van der Waals surface area contributed by atoms with Crippen LogP contribution in [0.2, 0.25) is 0 Å². The smallest absolute Gasteiger partial charge is 0.237 e. The molecule has 2 saturated carbocycles. The lowest BCUT2D eigenvalue weighted by atomic mass is 9.85. The van der Waals surface area contributed by atoms with Gasteiger partial charge >= 0.3 is 0 Å². The van der Waals surface area contributed by atoms with Gasteiger partial charge in [0.15, 0.2) is 0 Å². The Morgan fingerprint density at radius 1 is 1.48 bits per heavy atom. The average Bonchev–Trinajstić information content (AvgIpc) is 2.92. The summed E-state index contributed by atoms with van der Waals surface area (Å²) in [5.74, 6) is 1.47. The Labute approximate surface area is 126 Å². The van der Waals surface area contributed by atoms with Crippen LogP contribution in [0.1, 0.15) is 57.1 Å². The SMILES string of the molecule is C[C@H]1[C@H](NC(=O)[C@@H](N)CC2CCCCC2)[C@H]1c1cnc[nH]1. The maximum Gasteiger partial charge on any atom is 0.237 e. The Balaban J connectivity index is 1.47. The molecule has 2 aliphatic rings. The molecule has 0 unspecified atom stereocenters. The molecule has 0 radical (unpaired) electrons. The fourth-order valence-electron chi connectivity index (χ4n) is 3.77. The number of aromatic amines is 1. The normalized spacial score (nSPS) is 30.9. The van der Waals surface area contributed by atoms with Crippen LogP contribution in [0.25, 0.3) is 0 Å². The summed E-state index contributed by atoms with van der Waals surface area (Å²) in [4.78, 5) is 19.5. The van der Waals surface area contributed by atoms with Crippen molar-refractivity contribution in [2.75, 3.05) is 0 Å². The number of hydrogen-bond acceptors (Lipinski definition) is 3. The third kappa shape index (κ3) is 3.28. The van der Waals surface area contributed by atoms with Gasteiger partial charge in [0.05, 0.1) is 12.4 Å². The molecule has 0 aliphatic heterocycles. The van der Waals surface area contributed by atoms with Gasteiger partial charge in [0.2, 0.25) is 5.91 Å². The molecule has 4 atom stereocenters.